The van der Waals surface area contributed by atoms with Crippen molar-refractivity contribution in [2.24, 2.45) is 0 Å². The van der Waals surface area contributed by atoms with Crippen LogP contribution in [0.1, 0.15) is 23.4 Å². The zero-order valence-electron chi connectivity index (χ0n) is 22.2. The van der Waals surface area contributed by atoms with Gasteiger partial charge in [-0.05, 0) is 24.3 Å². The summed E-state index contributed by atoms with van der Waals surface area (Å²) in [6.45, 7) is 2.49. The van der Waals surface area contributed by atoms with E-state index >= 15 is 0 Å². The molecule has 0 aliphatic carbocycles. The molecule has 2 N–H and O–H groups in total. The van der Waals surface area contributed by atoms with E-state index in [4.69, 9.17) is 18.6 Å². The zero-order valence-corrected chi connectivity index (χ0v) is 22.2. The molecule has 2 heterocycles. The van der Waals surface area contributed by atoms with E-state index in [1.807, 2.05) is 24.3 Å². The minimum Gasteiger partial charge on any atom is -0.495 e. The first kappa shape index (κ1) is 27.4. The molecule has 1 fully saturated rings. The second-order valence-corrected chi connectivity index (χ2v) is 8.77. The number of benzene rings is 2. The number of ether oxygens (including phenoxy) is 3. The lowest BCUT2D eigenvalue weighted by Gasteiger charge is -2.36. The van der Waals surface area contributed by atoms with Gasteiger partial charge in [0.1, 0.15) is 17.2 Å². The van der Waals surface area contributed by atoms with Crippen molar-refractivity contribution >= 4 is 34.8 Å². The Morgan fingerprint density at radius 1 is 0.795 bits per heavy atom. The number of hydrogen-bond donors (Lipinski definition) is 2. The summed E-state index contributed by atoms with van der Waals surface area (Å²) in [6, 6.07) is 14.0. The molecule has 0 unspecified atom stereocenters. The number of hydrogen-bond acceptors (Lipinski definition) is 8. The van der Waals surface area contributed by atoms with Gasteiger partial charge in [-0.2, -0.15) is 0 Å². The van der Waals surface area contributed by atoms with Crippen molar-refractivity contribution in [2.75, 3.05) is 63.0 Å². The molecule has 1 aliphatic heterocycles. The van der Waals surface area contributed by atoms with Crippen LogP contribution in [0.2, 0.25) is 0 Å². The highest BCUT2D eigenvalue weighted by Gasteiger charge is 2.24. The SMILES string of the molecule is COc1cc(NC(=O)c2ccco2)c(OC)cc1NC(=O)CCC(=O)N1CCN(c2ccccc2OC)CC1. The third-order valence-electron chi connectivity index (χ3n) is 6.41. The van der Waals surface area contributed by atoms with E-state index in [2.05, 4.69) is 15.5 Å². The monoisotopic (exact) mass is 536 g/mol. The number of methoxy groups -OCH3 is 3. The van der Waals surface area contributed by atoms with Crippen LogP contribution in [0.3, 0.4) is 0 Å². The smallest absolute Gasteiger partial charge is 0.291 e. The standard InChI is InChI=1S/C28H32N4O7/c1-36-22-8-5-4-7-21(22)31-12-14-32(15-13-31)27(34)11-10-26(33)29-19-17-25(38-3)20(18-24(19)37-2)30-28(35)23-9-6-16-39-23/h4-9,16-18H,10-15H2,1-3H3,(H,29,33)(H,30,35). The zero-order chi connectivity index (χ0) is 27.8. The number of carbonyl (C=O) groups excluding carboxylic acids is 3. The molecule has 1 aliphatic rings. The average Bonchev–Trinajstić information content (AvgIpc) is 3.52. The predicted octanol–water partition coefficient (Wildman–Crippen LogP) is 3.63. The predicted molar refractivity (Wildman–Crippen MR) is 146 cm³/mol. The van der Waals surface area contributed by atoms with E-state index < -0.39 is 5.91 Å². The van der Waals surface area contributed by atoms with Gasteiger partial charge >= 0.3 is 0 Å². The highest BCUT2D eigenvalue weighted by atomic mass is 16.5. The Labute approximate surface area is 226 Å². The normalized spacial score (nSPS) is 13.0. The molecule has 1 saturated heterocycles. The molecule has 0 radical (unpaired) electrons. The lowest BCUT2D eigenvalue weighted by molar-refractivity contribution is -0.133. The maximum absolute atomic E-state index is 12.8. The minimum absolute atomic E-state index is 0.00794. The molecule has 2 aromatic carbocycles. The number of nitrogens with zero attached hydrogens (tertiary/aromatic N) is 2. The lowest BCUT2D eigenvalue weighted by Crippen LogP contribution is -2.49. The van der Waals surface area contributed by atoms with Crippen LogP contribution in [-0.2, 0) is 9.59 Å². The second-order valence-electron chi connectivity index (χ2n) is 8.77. The number of furan rings is 1. The Balaban J connectivity index is 1.31. The fraction of sp³-hybridized carbons (Fsp3) is 0.321. The van der Waals surface area contributed by atoms with Gasteiger partial charge in [0.2, 0.25) is 11.8 Å². The molecule has 39 heavy (non-hydrogen) atoms. The van der Waals surface area contributed by atoms with E-state index in [1.165, 1.54) is 26.5 Å². The number of piperazine rings is 1. The van der Waals surface area contributed by atoms with Crippen molar-refractivity contribution in [1.82, 2.24) is 4.90 Å². The Hall–Kier alpha value is -4.67. The van der Waals surface area contributed by atoms with Gasteiger partial charge in [-0.1, -0.05) is 12.1 Å². The van der Waals surface area contributed by atoms with Gasteiger partial charge in [0.05, 0.1) is 44.7 Å². The summed E-state index contributed by atoms with van der Waals surface area (Å²) >= 11 is 0. The first-order chi connectivity index (χ1) is 18.9. The molecule has 11 heteroatoms. The molecular formula is C28H32N4O7. The van der Waals surface area contributed by atoms with Crippen LogP contribution in [-0.4, -0.2) is 70.1 Å². The molecule has 4 rings (SSSR count). The van der Waals surface area contributed by atoms with Gasteiger partial charge in [-0.3, -0.25) is 14.4 Å². The Kier molecular flexibility index (Phi) is 8.93. The quantitative estimate of drug-likeness (QED) is 0.403. The summed E-state index contributed by atoms with van der Waals surface area (Å²) in [6.07, 6.45) is 1.49. The fourth-order valence-corrected chi connectivity index (χ4v) is 4.36. The molecule has 3 aromatic rings. The van der Waals surface area contributed by atoms with E-state index in [-0.39, 0.29) is 30.4 Å². The van der Waals surface area contributed by atoms with Gasteiger partial charge in [0, 0.05) is 51.2 Å². The Morgan fingerprint density at radius 3 is 2.05 bits per heavy atom. The van der Waals surface area contributed by atoms with Gasteiger partial charge in [-0.15, -0.1) is 0 Å². The first-order valence-corrected chi connectivity index (χ1v) is 12.5. The van der Waals surface area contributed by atoms with E-state index in [1.54, 1.807) is 30.2 Å². The summed E-state index contributed by atoms with van der Waals surface area (Å²) in [5, 5.41) is 5.48. The second kappa shape index (κ2) is 12.7. The molecular weight excluding hydrogens is 504 g/mol. The van der Waals surface area contributed by atoms with Crippen LogP contribution in [0.15, 0.2) is 59.2 Å². The van der Waals surface area contributed by atoms with E-state index in [0.717, 1.165) is 11.4 Å². The summed E-state index contributed by atoms with van der Waals surface area (Å²) in [4.78, 5) is 41.9. The number of anilines is 3. The highest BCUT2D eigenvalue weighted by molar-refractivity contribution is 6.04. The third kappa shape index (κ3) is 6.61. The van der Waals surface area contributed by atoms with Crippen LogP contribution >= 0.6 is 0 Å². The molecule has 1 aromatic heterocycles. The van der Waals surface area contributed by atoms with Crippen molar-refractivity contribution in [3.8, 4) is 17.2 Å². The maximum Gasteiger partial charge on any atom is 0.291 e. The fourth-order valence-electron chi connectivity index (χ4n) is 4.36. The maximum atomic E-state index is 12.8. The molecule has 11 nitrogen and oxygen atoms in total. The van der Waals surface area contributed by atoms with Crippen molar-refractivity contribution in [3.05, 3.63) is 60.6 Å². The third-order valence-corrected chi connectivity index (χ3v) is 6.41. The van der Waals surface area contributed by atoms with Gasteiger partial charge in [-0.25, -0.2) is 0 Å². The summed E-state index contributed by atoms with van der Waals surface area (Å²) in [7, 11) is 4.54. The molecule has 0 bridgehead atoms. The minimum atomic E-state index is -0.459. The summed E-state index contributed by atoms with van der Waals surface area (Å²) in [5.41, 5.74) is 1.70. The van der Waals surface area contributed by atoms with Gasteiger partial charge < -0.3 is 39.1 Å². The Morgan fingerprint density at radius 2 is 1.44 bits per heavy atom. The van der Waals surface area contributed by atoms with Crippen LogP contribution in [0.5, 0.6) is 17.2 Å². The average molecular weight is 537 g/mol. The molecule has 0 atom stereocenters. The number of nitrogens with one attached hydrogen (secondary N) is 2. The van der Waals surface area contributed by atoms with Gasteiger partial charge in [0.15, 0.2) is 5.76 Å². The number of rotatable bonds is 10. The summed E-state index contributed by atoms with van der Waals surface area (Å²) < 4.78 is 21.4. The van der Waals surface area contributed by atoms with Crippen LogP contribution in [0.4, 0.5) is 17.1 Å². The van der Waals surface area contributed by atoms with Crippen molar-refractivity contribution in [2.45, 2.75) is 12.8 Å². The molecule has 0 spiro atoms. The van der Waals surface area contributed by atoms with Crippen LogP contribution in [0, 0.1) is 0 Å². The number of amides is 3. The van der Waals surface area contributed by atoms with E-state index in [0.29, 0.717) is 49.1 Å². The van der Waals surface area contributed by atoms with Crippen molar-refractivity contribution < 1.29 is 33.0 Å². The lowest BCUT2D eigenvalue weighted by atomic mass is 10.2. The summed E-state index contributed by atoms with van der Waals surface area (Å²) in [5.74, 6) is 0.689. The highest BCUT2D eigenvalue weighted by Crippen LogP contribution is 2.37. The van der Waals surface area contributed by atoms with Crippen molar-refractivity contribution in [1.29, 1.82) is 0 Å². The van der Waals surface area contributed by atoms with E-state index in [9.17, 15) is 14.4 Å². The Bertz CT molecular complexity index is 1300. The van der Waals surface area contributed by atoms with Crippen molar-refractivity contribution in [3.63, 3.8) is 0 Å². The molecule has 3 amide bonds. The largest absolute Gasteiger partial charge is 0.495 e. The molecule has 0 saturated carbocycles. The molecule has 206 valence electrons. The number of para-hydroxylation sites is 2. The number of carbonyl (C=O) groups is 3. The van der Waals surface area contributed by atoms with Crippen LogP contribution in [0.25, 0.3) is 0 Å². The van der Waals surface area contributed by atoms with Gasteiger partial charge in [0.25, 0.3) is 5.91 Å². The van der Waals surface area contributed by atoms with Crippen LogP contribution < -0.4 is 29.7 Å². The first-order valence-electron chi connectivity index (χ1n) is 12.5. The topological polar surface area (TPSA) is 123 Å².